The summed E-state index contributed by atoms with van der Waals surface area (Å²) in [5.41, 5.74) is 1.14. The van der Waals surface area contributed by atoms with Gasteiger partial charge in [0.15, 0.2) is 0 Å². The summed E-state index contributed by atoms with van der Waals surface area (Å²) in [7, 11) is -3.44. The number of rotatable bonds is 5. The maximum atomic E-state index is 12.8. The Morgan fingerprint density at radius 1 is 1.08 bits per heavy atom. The summed E-state index contributed by atoms with van der Waals surface area (Å²) in [5, 5.41) is 7.80. The first-order valence-electron chi connectivity index (χ1n) is 8.47. The van der Waals surface area contributed by atoms with Gasteiger partial charge in [-0.05, 0) is 23.6 Å². The molecule has 1 saturated heterocycles. The summed E-state index contributed by atoms with van der Waals surface area (Å²) in [6, 6.07) is 7.20. The highest BCUT2D eigenvalue weighted by atomic mass is 32.2. The Morgan fingerprint density at radius 3 is 2.24 bits per heavy atom. The third kappa shape index (κ3) is 4.08. The average molecular weight is 364 g/mol. The molecule has 0 unspecified atom stereocenters. The molecule has 0 radical (unpaired) electrons. The van der Waals surface area contributed by atoms with Crippen LogP contribution < -0.4 is 0 Å². The minimum absolute atomic E-state index is 0.359. The summed E-state index contributed by atoms with van der Waals surface area (Å²) < 4.78 is 32.5. The van der Waals surface area contributed by atoms with E-state index in [0.717, 1.165) is 5.56 Å². The van der Waals surface area contributed by atoms with E-state index in [2.05, 4.69) is 28.9 Å². The molecule has 2 heterocycles. The van der Waals surface area contributed by atoms with Gasteiger partial charge in [-0.3, -0.25) is 4.90 Å². The highest BCUT2D eigenvalue weighted by molar-refractivity contribution is 7.89. The lowest BCUT2D eigenvalue weighted by Gasteiger charge is -2.33. The second-order valence-electron chi connectivity index (χ2n) is 6.62. The Kier molecular flexibility index (Phi) is 5.21. The largest absolute Gasteiger partial charge is 0.424 e. The van der Waals surface area contributed by atoms with Crippen molar-refractivity contribution >= 4 is 10.0 Å². The molecule has 0 atom stereocenters. The van der Waals surface area contributed by atoms with Crippen LogP contribution in [0.5, 0.6) is 0 Å². The first-order chi connectivity index (χ1) is 11.9. The maximum absolute atomic E-state index is 12.8. The fraction of sp³-hybridized carbons (Fsp3) is 0.529. The van der Waals surface area contributed by atoms with Gasteiger partial charge in [-0.2, -0.15) is 4.31 Å². The predicted molar refractivity (Wildman–Crippen MR) is 93.6 cm³/mol. The van der Waals surface area contributed by atoms with Gasteiger partial charge in [-0.1, -0.05) is 26.0 Å². The van der Waals surface area contributed by atoms with Gasteiger partial charge in [0.2, 0.25) is 21.8 Å². The molecule has 8 heteroatoms. The molecule has 1 aromatic carbocycles. The van der Waals surface area contributed by atoms with Gasteiger partial charge in [-0.25, -0.2) is 8.42 Å². The summed E-state index contributed by atoms with van der Waals surface area (Å²) in [4.78, 5) is 2.48. The molecular weight excluding hydrogens is 340 g/mol. The molecule has 7 nitrogen and oxygen atoms in total. The zero-order chi connectivity index (χ0) is 18.0. The van der Waals surface area contributed by atoms with Crippen molar-refractivity contribution in [3.63, 3.8) is 0 Å². The van der Waals surface area contributed by atoms with Crippen molar-refractivity contribution in [2.75, 3.05) is 26.2 Å². The van der Waals surface area contributed by atoms with E-state index in [1.54, 1.807) is 23.4 Å². The average Bonchev–Trinajstić information content (AvgIpc) is 3.00. The van der Waals surface area contributed by atoms with Gasteiger partial charge in [0, 0.05) is 33.1 Å². The van der Waals surface area contributed by atoms with Crippen LogP contribution in [0.25, 0.3) is 0 Å². The van der Waals surface area contributed by atoms with E-state index in [0.29, 0.717) is 55.3 Å². The third-order valence-corrected chi connectivity index (χ3v) is 6.36. The minimum Gasteiger partial charge on any atom is -0.424 e. The lowest BCUT2D eigenvalue weighted by atomic mass is 10.0. The quantitative estimate of drug-likeness (QED) is 0.807. The van der Waals surface area contributed by atoms with E-state index in [9.17, 15) is 8.42 Å². The van der Waals surface area contributed by atoms with Gasteiger partial charge >= 0.3 is 0 Å². The Hall–Kier alpha value is -1.77. The van der Waals surface area contributed by atoms with Gasteiger partial charge in [0.05, 0.1) is 11.4 Å². The van der Waals surface area contributed by atoms with Crippen LogP contribution in [0.15, 0.2) is 33.6 Å². The monoisotopic (exact) mass is 364 g/mol. The minimum atomic E-state index is -3.44. The molecule has 0 amide bonds. The number of piperazine rings is 1. The summed E-state index contributed by atoms with van der Waals surface area (Å²) in [6.45, 7) is 8.70. The van der Waals surface area contributed by atoms with Crippen LogP contribution in [0, 0.1) is 6.92 Å². The van der Waals surface area contributed by atoms with Crippen LogP contribution in [0.2, 0.25) is 0 Å². The molecule has 2 aromatic rings. The van der Waals surface area contributed by atoms with Crippen molar-refractivity contribution in [3.8, 4) is 0 Å². The first kappa shape index (κ1) is 18.0. The molecule has 1 fully saturated rings. The summed E-state index contributed by atoms with van der Waals surface area (Å²) in [5.74, 6) is 1.49. The fourth-order valence-electron chi connectivity index (χ4n) is 2.89. The lowest BCUT2D eigenvalue weighted by molar-refractivity contribution is 0.167. The first-order valence-corrected chi connectivity index (χ1v) is 9.91. The predicted octanol–water partition coefficient (Wildman–Crippen LogP) is 2.01. The molecular formula is C17H24N4O3S. The molecule has 3 rings (SSSR count). The number of aryl methyl sites for hydroxylation is 1. The SMILES string of the molecule is Cc1nnc(CN2CCN(S(=O)(=O)c3ccc(C(C)C)cc3)CC2)o1. The Labute approximate surface area is 148 Å². The standard InChI is InChI=1S/C17H24N4O3S/c1-13(2)15-4-6-16(7-5-15)25(22,23)21-10-8-20(9-11-21)12-17-19-18-14(3)24-17/h4-7,13H,8-12H2,1-3H3. The lowest BCUT2D eigenvalue weighted by Crippen LogP contribution is -2.48. The van der Waals surface area contributed by atoms with E-state index in [4.69, 9.17) is 4.42 Å². The number of hydrogen-bond donors (Lipinski definition) is 0. The number of hydrogen-bond acceptors (Lipinski definition) is 6. The zero-order valence-corrected chi connectivity index (χ0v) is 15.7. The fourth-order valence-corrected chi connectivity index (χ4v) is 4.32. The topological polar surface area (TPSA) is 79.5 Å². The molecule has 0 spiro atoms. The highest BCUT2D eigenvalue weighted by Crippen LogP contribution is 2.21. The highest BCUT2D eigenvalue weighted by Gasteiger charge is 2.29. The molecule has 0 saturated carbocycles. The number of aromatic nitrogens is 2. The van der Waals surface area contributed by atoms with E-state index < -0.39 is 10.0 Å². The maximum Gasteiger partial charge on any atom is 0.243 e. The molecule has 0 aliphatic carbocycles. The Morgan fingerprint density at radius 2 is 1.72 bits per heavy atom. The van der Waals surface area contributed by atoms with Crippen LogP contribution >= 0.6 is 0 Å². The van der Waals surface area contributed by atoms with Crippen LogP contribution in [0.4, 0.5) is 0 Å². The normalized spacial score (nSPS) is 17.3. The van der Waals surface area contributed by atoms with Crippen LogP contribution in [-0.4, -0.2) is 54.0 Å². The molecule has 1 aromatic heterocycles. The van der Waals surface area contributed by atoms with E-state index in [1.807, 2.05) is 12.1 Å². The molecule has 0 bridgehead atoms. The smallest absolute Gasteiger partial charge is 0.243 e. The summed E-state index contributed by atoms with van der Waals surface area (Å²) >= 11 is 0. The number of benzene rings is 1. The number of sulfonamides is 1. The van der Waals surface area contributed by atoms with Gasteiger partial charge in [0.25, 0.3) is 0 Å². The molecule has 1 aliphatic heterocycles. The Balaban J connectivity index is 1.62. The van der Waals surface area contributed by atoms with Crippen molar-refractivity contribution in [2.45, 2.75) is 38.1 Å². The van der Waals surface area contributed by atoms with Gasteiger partial charge in [0.1, 0.15) is 0 Å². The van der Waals surface area contributed by atoms with E-state index in [1.165, 1.54) is 0 Å². The van der Waals surface area contributed by atoms with E-state index >= 15 is 0 Å². The van der Waals surface area contributed by atoms with Crippen molar-refractivity contribution in [2.24, 2.45) is 0 Å². The van der Waals surface area contributed by atoms with Crippen LogP contribution in [0.1, 0.15) is 37.1 Å². The van der Waals surface area contributed by atoms with Crippen molar-refractivity contribution in [3.05, 3.63) is 41.6 Å². The molecule has 136 valence electrons. The van der Waals surface area contributed by atoms with Crippen LogP contribution in [-0.2, 0) is 16.6 Å². The molecule has 1 aliphatic rings. The van der Waals surface area contributed by atoms with Crippen molar-refractivity contribution in [1.29, 1.82) is 0 Å². The second-order valence-corrected chi connectivity index (χ2v) is 8.56. The third-order valence-electron chi connectivity index (χ3n) is 4.44. The van der Waals surface area contributed by atoms with Gasteiger partial charge in [-0.15, -0.1) is 10.2 Å². The van der Waals surface area contributed by atoms with Crippen LogP contribution in [0.3, 0.4) is 0 Å². The molecule has 25 heavy (non-hydrogen) atoms. The second kappa shape index (κ2) is 7.23. The summed E-state index contributed by atoms with van der Waals surface area (Å²) in [6.07, 6.45) is 0. The van der Waals surface area contributed by atoms with E-state index in [-0.39, 0.29) is 0 Å². The van der Waals surface area contributed by atoms with Gasteiger partial charge < -0.3 is 4.42 Å². The van der Waals surface area contributed by atoms with Crippen molar-refractivity contribution < 1.29 is 12.8 Å². The Bertz CT molecular complexity index is 807. The zero-order valence-electron chi connectivity index (χ0n) is 14.8. The van der Waals surface area contributed by atoms with Crippen molar-refractivity contribution in [1.82, 2.24) is 19.4 Å². The number of nitrogens with zero attached hydrogens (tertiary/aromatic N) is 4. The molecule has 0 N–H and O–H groups in total.